The summed E-state index contributed by atoms with van der Waals surface area (Å²) in [7, 11) is -7.33. The first kappa shape index (κ1) is 110. The van der Waals surface area contributed by atoms with E-state index in [0.29, 0.717) is 160 Å². The van der Waals surface area contributed by atoms with Crippen LogP contribution in [0.2, 0.25) is 0 Å². The molecular weight excluding hydrogens is 1540 g/mol. The highest BCUT2D eigenvalue weighted by atomic mass is 32.2. The molecule has 2 aromatic rings. The molecule has 0 aliphatic rings. The number of oxime groups is 8. The Kier molecular flexibility index (Phi) is 49.2. The van der Waals surface area contributed by atoms with Crippen molar-refractivity contribution in [2.75, 3.05) is 124 Å². The highest BCUT2D eigenvalue weighted by molar-refractivity contribution is 7.89. The average molecular weight is 1680 g/mol. The van der Waals surface area contributed by atoms with Gasteiger partial charge in [-0.25, -0.2) is 16.8 Å². The van der Waals surface area contributed by atoms with Crippen LogP contribution in [0.1, 0.15) is 204 Å². The van der Waals surface area contributed by atoms with Crippen LogP contribution >= 0.6 is 0 Å². The molecule has 116 heavy (non-hydrogen) atoms. The largest absolute Gasteiger partial charge is 0.411 e. The number of amides is 2. The first-order chi connectivity index (χ1) is 53.6. The SMILES string of the molecule is C/C(=N\O)C(C)(C)NCCN(CCNC(C)(C)/C(C)=N/O)C(=O)CCN.C/C(=N\O)C(C)(C)NCCN(CCNC(C)(C)/C(C)=N/O)C(=O)c1ccc(C=O)cc1.C/C(=N\O)C(C)(C)NCCN(CCNC(C)(C)/C(C)=N/O)S(=O)(=O)CCN.C/C(=N\O)C(C)(C)NCCN(CCNC(C)(C)/C(C)=N/O)S(=O)(=O)c1ccc(C=O)cc1. The topological polar surface area (TPSA) is 559 Å². The van der Waals surface area contributed by atoms with Crippen LogP contribution in [0, 0.1) is 0 Å². The lowest BCUT2D eigenvalue weighted by Crippen LogP contribution is -2.52. The van der Waals surface area contributed by atoms with Crippen molar-refractivity contribution in [3.8, 4) is 0 Å². The van der Waals surface area contributed by atoms with Gasteiger partial charge in [0, 0.05) is 141 Å². The molecule has 20 N–H and O–H groups in total. The second kappa shape index (κ2) is 52.0. The van der Waals surface area contributed by atoms with Gasteiger partial charge in [-0.1, -0.05) is 65.5 Å². The van der Waals surface area contributed by atoms with E-state index in [2.05, 4.69) is 83.8 Å². The molecule has 40 heteroatoms. The van der Waals surface area contributed by atoms with Gasteiger partial charge < -0.3 is 105 Å². The third kappa shape index (κ3) is 39.0. The van der Waals surface area contributed by atoms with Gasteiger partial charge in [-0.05, 0) is 190 Å². The molecule has 0 aromatic heterocycles. The predicted octanol–water partition coefficient (Wildman–Crippen LogP) is 4.92. The lowest BCUT2D eigenvalue weighted by molar-refractivity contribution is -0.131. The standard InChI is InChI=1S/C22H35N5O4.C21H35N5O5S.C17H36N6O3.C16H36N6O4S/c1-16(25-30)21(3,4)23-11-13-27(14-12-24-22(5,6)17(2)26-31)20(29)19-9-7-18(15-28)8-10-19;1-16(24-28)20(3,4)22-11-13-26(14-12-23-21(5,6)17(2)25-29)32(30,31)19-9-7-18(15-27)8-10-19;1-13(21-25)16(3,4)19-9-11-23(15(24)7-8-18)12-10-20-17(5,6)14(2)22-26;1-13(20-23)15(3,4)18-8-10-22(27(25,26)12-7-17)11-9-19-16(5,6)14(2)21-24/h7-10,15,23-24,30-31H,11-14H2,1-6H3;7-10,15,22-23,28-29H,11-14H2,1-6H3;19-20,25-26H,7-12,18H2,1-6H3;18-19,23-24H,7-12,17H2,1-6H3/b25-16+,26-17+;24-16+,25-17+;21-13+,22-14+;20-13+,21-14+. The summed E-state index contributed by atoms with van der Waals surface area (Å²) >= 11 is 0. The van der Waals surface area contributed by atoms with Crippen LogP contribution in [0.5, 0.6) is 0 Å². The minimum absolute atomic E-state index is 0.00759. The molecule has 0 heterocycles. The Morgan fingerprint density at radius 1 is 0.353 bits per heavy atom. The van der Waals surface area contributed by atoms with E-state index in [1.165, 1.54) is 32.9 Å². The second-order valence-corrected chi connectivity index (χ2v) is 36.0. The number of sulfonamides is 2. The van der Waals surface area contributed by atoms with Crippen molar-refractivity contribution in [3.63, 3.8) is 0 Å². The quantitative estimate of drug-likeness (QED) is 0.0181. The molecule has 0 fully saturated rings. The summed E-state index contributed by atoms with van der Waals surface area (Å²) in [6.45, 7) is 50.1. The predicted molar refractivity (Wildman–Crippen MR) is 459 cm³/mol. The van der Waals surface area contributed by atoms with Crippen molar-refractivity contribution in [2.45, 2.75) is 222 Å². The summed E-state index contributed by atoms with van der Waals surface area (Å²) in [6, 6.07) is 12.2. The van der Waals surface area contributed by atoms with E-state index in [4.69, 9.17) is 53.1 Å². The van der Waals surface area contributed by atoms with Crippen molar-refractivity contribution in [3.05, 3.63) is 65.2 Å². The Balaban J connectivity index is 0. The zero-order valence-electron chi connectivity index (χ0n) is 73.1. The van der Waals surface area contributed by atoms with Crippen LogP contribution in [0.4, 0.5) is 0 Å². The van der Waals surface area contributed by atoms with Crippen molar-refractivity contribution >= 4 is 90.1 Å². The van der Waals surface area contributed by atoms with E-state index in [0.717, 1.165) is 6.29 Å². The fraction of sp³-hybridized carbons (Fsp3) is 0.684. The van der Waals surface area contributed by atoms with Crippen molar-refractivity contribution < 1.29 is 77.7 Å². The smallest absolute Gasteiger partial charge is 0.253 e. The van der Waals surface area contributed by atoms with E-state index in [-0.39, 0.29) is 55.2 Å². The minimum atomic E-state index is -3.83. The highest BCUT2D eigenvalue weighted by Gasteiger charge is 2.32. The van der Waals surface area contributed by atoms with Crippen LogP contribution in [0.25, 0.3) is 0 Å². The molecule has 2 aromatic carbocycles. The van der Waals surface area contributed by atoms with E-state index >= 15 is 0 Å². The molecule has 0 saturated heterocycles. The van der Waals surface area contributed by atoms with Crippen LogP contribution in [-0.4, -0.2) is 315 Å². The Bertz CT molecular complexity index is 3660. The third-order valence-electron chi connectivity index (χ3n) is 20.7. The lowest BCUT2D eigenvalue weighted by Gasteiger charge is -2.30. The highest BCUT2D eigenvalue weighted by Crippen LogP contribution is 2.19. The maximum absolute atomic E-state index is 13.3. The number of carbonyl (C=O) groups excluding carboxylic acids is 4. The third-order valence-corrected chi connectivity index (χ3v) is 24.5. The Labute approximate surface area is 688 Å². The summed E-state index contributed by atoms with van der Waals surface area (Å²) in [4.78, 5) is 50.7. The summed E-state index contributed by atoms with van der Waals surface area (Å²) in [5.41, 5.74) is 12.2. The molecule has 38 nitrogen and oxygen atoms in total. The van der Waals surface area contributed by atoms with Gasteiger partial charge in [0.05, 0.1) is 101 Å². The maximum Gasteiger partial charge on any atom is 0.253 e. The monoisotopic (exact) mass is 1680 g/mol. The number of hydrogen-bond donors (Lipinski definition) is 18. The first-order valence-electron chi connectivity index (χ1n) is 38.2. The number of nitrogens with two attached hydrogens (primary N) is 2. The van der Waals surface area contributed by atoms with Crippen LogP contribution in [-0.2, 0) is 24.8 Å². The number of nitrogens with one attached hydrogen (secondary N) is 8. The molecule has 0 aliphatic heterocycles. The van der Waals surface area contributed by atoms with Crippen LogP contribution in [0.3, 0.4) is 0 Å². The lowest BCUT2D eigenvalue weighted by atomic mass is 9.99. The number of benzene rings is 2. The summed E-state index contributed by atoms with van der Waals surface area (Å²) < 4.78 is 54.2. The summed E-state index contributed by atoms with van der Waals surface area (Å²) in [6.07, 6.45) is 1.68. The number of rotatable bonds is 50. The second-order valence-electron chi connectivity index (χ2n) is 31.9. The van der Waals surface area contributed by atoms with Gasteiger partial charge in [-0.2, -0.15) is 8.61 Å². The van der Waals surface area contributed by atoms with Crippen molar-refractivity contribution in [1.29, 1.82) is 0 Å². The molecule has 0 atom stereocenters. The Morgan fingerprint density at radius 3 is 0.802 bits per heavy atom. The molecule has 2 amide bonds. The average Bonchev–Trinajstić information content (AvgIpc) is 0.806. The van der Waals surface area contributed by atoms with Gasteiger partial charge >= 0.3 is 0 Å². The molecule has 0 bridgehead atoms. The minimum Gasteiger partial charge on any atom is -0.411 e. The van der Waals surface area contributed by atoms with Gasteiger partial charge in [-0.3, -0.25) is 19.2 Å². The fourth-order valence-corrected chi connectivity index (χ4v) is 12.5. The van der Waals surface area contributed by atoms with E-state index in [1.54, 1.807) is 89.5 Å². The molecular formula is C76H142N22O16S2. The normalized spacial score (nSPS) is 14.0. The Morgan fingerprint density at radius 2 is 0.578 bits per heavy atom. The fourth-order valence-electron chi connectivity index (χ4n) is 9.74. The van der Waals surface area contributed by atoms with Crippen LogP contribution < -0.4 is 54.0 Å². The molecule has 0 unspecified atom stereocenters. The molecule has 0 saturated carbocycles. The van der Waals surface area contributed by atoms with Gasteiger partial charge in [-0.15, -0.1) is 0 Å². The Hall–Kier alpha value is -8.10. The summed E-state index contributed by atoms with van der Waals surface area (Å²) in [5, 5.41) is 124. The number of carbonyl (C=O) groups is 4. The molecule has 2 rings (SSSR count). The van der Waals surface area contributed by atoms with Crippen LogP contribution in [0.15, 0.2) is 94.7 Å². The molecule has 0 radical (unpaired) electrons. The zero-order valence-corrected chi connectivity index (χ0v) is 74.7. The van der Waals surface area contributed by atoms with E-state index < -0.39 is 64.4 Å². The van der Waals surface area contributed by atoms with E-state index in [9.17, 15) is 36.0 Å². The number of nitrogens with zero attached hydrogens (tertiary/aromatic N) is 12. The first-order valence-corrected chi connectivity index (χ1v) is 41.3. The molecule has 0 aliphatic carbocycles. The zero-order chi connectivity index (χ0) is 89.9. The van der Waals surface area contributed by atoms with Gasteiger partial charge in [0.1, 0.15) is 12.6 Å². The van der Waals surface area contributed by atoms with Gasteiger partial charge in [0.2, 0.25) is 26.0 Å². The number of hydrogen-bond acceptors (Lipinski definition) is 34. The van der Waals surface area contributed by atoms with Crippen molar-refractivity contribution in [1.82, 2.24) is 60.9 Å². The molecule has 664 valence electrons. The summed E-state index contributed by atoms with van der Waals surface area (Å²) in [5.74, 6) is -0.294. The van der Waals surface area contributed by atoms with Crippen molar-refractivity contribution in [2.24, 2.45) is 52.7 Å². The molecule has 0 spiro atoms. The van der Waals surface area contributed by atoms with Gasteiger partial charge in [0.25, 0.3) is 5.91 Å². The number of aldehydes is 2. The van der Waals surface area contributed by atoms with E-state index in [1.807, 2.05) is 111 Å². The maximum atomic E-state index is 13.3. The van der Waals surface area contributed by atoms with Gasteiger partial charge in [0.15, 0.2) is 0 Å².